The standard InChI is InChI=1S/C15H19ClF3NO/c1-9(2)14-8-11(5-6-21-14)20-13-4-3-10(7-12(13)16)15(17,18)19/h3-4,7,9,11,14,20H,5-6,8H2,1-2H3. The zero-order valence-electron chi connectivity index (χ0n) is 12.0. The van der Waals surface area contributed by atoms with Crippen molar-refractivity contribution in [3.63, 3.8) is 0 Å². The van der Waals surface area contributed by atoms with Crippen LogP contribution >= 0.6 is 11.6 Å². The molecule has 0 saturated carbocycles. The van der Waals surface area contributed by atoms with Gasteiger partial charge in [-0.25, -0.2) is 0 Å². The van der Waals surface area contributed by atoms with Crippen molar-refractivity contribution in [3.8, 4) is 0 Å². The van der Waals surface area contributed by atoms with Crippen molar-refractivity contribution >= 4 is 17.3 Å². The van der Waals surface area contributed by atoms with Crippen LogP contribution in [0.5, 0.6) is 0 Å². The molecule has 0 radical (unpaired) electrons. The van der Waals surface area contributed by atoms with Gasteiger partial charge >= 0.3 is 6.18 Å². The molecule has 1 aliphatic heterocycles. The number of halogens is 4. The van der Waals surface area contributed by atoms with Gasteiger partial charge in [-0.15, -0.1) is 0 Å². The van der Waals surface area contributed by atoms with Crippen molar-refractivity contribution in [1.82, 2.24) is 0 Å². The molecule has 0 spiro atoms. The van der Waals surface area contributed by atoms with Gasteiger partial charge in [-0.2, -0.15) is 13.2 Å². The van der Waals surface area contributed by atoms with Gasteiger partial charge in [0.25, 0.3) is 0 Å². The Kier molecular flexibility index (Phi) is 5.04. The third kappa shape index (κ3) is 4.27. The fourth-order valence-electron chi connectivity index (χ4n) is 2.45. The molecule has 0 aliphatic carbocycles. The van der Waals surface area contributed by atoms with Crippen LogP contribution in [0.15, 0.2) is 18.2 Å². The first-order valence-corrected chi connectivity index (χ1v) is 7.40. The lowest BCUT2D eigenvalue weighted by atomic mass is 9.95. The summed E-state index contributed by atoms with van der Waals surface area (Å²) < 4.78 is 43.5. The topological polar surface area (TPSA) is 21.3 Å². The van der Waals surface area contributed by atoms with E-state index in [9.17, 15) is 13.2 Å². The number of benzene rings is 1. The maximum absolute atomic E-state index is 12.6. The molecule has 21 heavy (non-hydrogen) atoms. The van der Waals surface area contributed by atoms with Crippen molar-refractivity contribution < 1.29 is 17.9 Å². The molecular weight excluding hydrogens is 303 g/mol. The fourth-order valence-corrected chi connectivity index (χ4v) is 2.69. The largest absolute Gasteiger partial charge is 0.416 e. The molecule has 1 heterocycles. The Balaban J connectivity index is 2.06. The molecule has 0 amide bonds. The number of alkyl halides is 3. The van der Waals surface area contributed by atoms with E-state index in [-0.39, 0.29) is 17.2 Å². The molecule has 1 aromatic carbocycles. The zero-order valence-corrected chi connectivity index (χ0v) is 12.8. The van der Waals surface area contributed by atoms with Crippen LogP contribution in [-0.2, 0) is 10.9 Å². The minimum atomic E-state index is -4.37. The first-order valence-electron chi connectivity index (χ1n) is 7.02. The summed E-state index contributed by atoms with van der Waals surface area (Å²) in [6.45, 7) is 4.84. The monoisotopic (exact) mass is 321 g/mol. The molecule has 2 unspecified atom stereocenters. The summed E-state index contributed by atoms with van der Waals surface area (Å²) in [5.41, 5.74) is -0.191. The fraction of sp³-hybridized carbons (Fsp3) is 0.600. The van der Waals surface area contributed by atoms with Crippen molar-refractivity contribution in [2.24, 2.45) is 5.92 Å². The van der Waals surface area contributed by atoms with Crippen LogP contribution in [0.2, 0.25) is 5.02 Å². The molecule has 1 saturated heterocycles. The zero-order chi connectivity index (χ0) is 15.6. The molecular formula is C15H19ClF3NO. The Morgan fingerprint density at radius 2 is 2.05 bits per heavy atom. The average molecular weight is 322 g/mol. The quantitative estimate of drug-likeness (QED) is 0.848. The van der Waals surface area contributed by atoms with Crippen molar-refractivity contribution in [2.45, 2.75) is 45.0 Å². The van der Waals surface area contributed by atoms with Crippen molar-refractivity contribution in [1.29, 1.82) is 0 Å². The number of anilines is 1. The van der Waals surface area contributed by atoms with E-state index < -0.39 is 11.7 Å². The summed E-state index contributed by atoms with van der Waals surface area (Å²) in [5.74, 6) is 0.415. The molecule has 6 heteroatoms. The lowest BCUT2D eigenvalue weighted by Crippen LogP contribution is -2.36. The summed E-state index contributed by atoms with van der Waals surface area (Å²) in [6.07, 6.45) is -2.55. The summed E-state index contributed by atoms with van der Waals surface area (Å²) >= 11 is 5.96. The molecule has 1 aromatic rings. The summed E-state index contributed by atoms with van der Waals surface area (Å²) in [7, 11) is 0. The Hall–Kier alpha value is -0.940. The third-order valence-corrected chi connectivity index (χ3v) is 4.03. The van der Waals surface area contributed by atoms with E-state index in [1.165, 1.54) is 6.07 Å². The second kappa shape index (κ2) is 6.44. The highest BCUT2D eigenvalue weighted by atomic mass is 35.5. The van der Waals surface area contributed by atoms with E-state index in [0.717, 1.165) is 25.0 Å². The molecule has 2 atom stereocenters. The number of rotatable bonds is 3. The second-order valence-electron chi connectivity index (χ2n) is 5.71. The highest BCUT2D eigenvalue weighted by Gasteiger charge is 2.31. The minimum Gasteiger partial charge on any atom is -0.381 e. The predicted octanol–water partition coefficient (Wildman–Crippen LogP) is 4.97. The Labute approximate surface area is 127 Å². The Morgan fingerprint density at radius 1 is 1.33 bits per heavy atom. The van der Waals surface area contributed by atoms with Crippen LogP contribution in [0.3, 0.4) is 0 Å². The van der Waals surface area contributed by atoms with Crippen LogP contribution < -0.4 is 5.32 Å². The van der Waals surface area contributed by atoms with E-state index in [2.05, 4.69) is 19.2 Å². The number of ether oxygens (including phenoxy) is 1. The number of nitrogens with one attached hydrogen (secondary N) is 1. The van der Waals surface area contributed by atoms with Gasteiger partial charge in [0.1, 0.15) is 0 Å². The van der Waals surface area contributed by atoms with Gasteiger partial charge in [-0.3, -0.25) is 0 Å². The smallest absolute Gasteiger partial charge is 0.381 e. The first-order chi connectivity index (χ1) is 9.77. The summed E-state index contributed by atoms with van der Waals surface area (Å²) in [4.78, 5) is 0. The molecule has 1 aliphatic rings. The third-order valence-electron chi connectivity index (χ3n) is 3.71. The van der Waals surface area contributed by atoms with E-state index in [4.69, 9.17) is 16.3 Å². The van der Waals surface area contributed by atoms with Gasteiger partial charge in [-0.1, -0.05) is 25.4 Å². The molecule has 1 N–H and O–H groups in total. The number of hydrogen-bond acceptors (Lipinski definition) is 2. The van der Waals surface area contributed by atoms with Crippen LogP contribution in [0.25, 0.3) is 0 Å². The van der Waals surface area contributed by atoms with Crippen molar-refractivity contribution in [3.05, 3.63) is 28.8 Å². The molecule has 0 aromatic heterocycles. The molecule has 2 rings (SSSR count). The summed E-state index contributed by atoms with van der Waals surface area (Å²) in [6, 6.07) is 3.57. The lowest BCUT2D eigenvalue weighted by molar-refractivity contribution is -0.137. The number of hydrogen-bond donors (Lipinski definition) is 1. The molecule has 118 valence electrons. The highest BCUT2D eigenvalue weighted by Crippen LogP contribution is 2.34. The minimum absolute atomic E-state index is 0.0948. The first kappa shape index (κ1) is 16.4. The Morgan fingerprint density at radius 3 is 2.62 bits per heavy atom. The highest BCUT2D eigenvalue weighted by molar-refractivity contribution is 6.33. The van der Waals surface area contributed by atoms with E-state index in [1.54, 1.807) is 0 Å². The maximum Gasteiger partial charge on any atom is 0.416 e. The van der Waals surface area contributed by atoms with Gasteiger partial charge in [0.15, 0.2) is 0 Å². The lowest BCUT2D eigenvalue weighted by Gasteiger charge is -2.33. The molecule has 2 nitrogen and oxygen atoms in total. The van der Waals surface area contributed by atoms with E-state index in [1.807, 2.05) is 0 Å². The van der Waals surface area contributed by atoms with Crippen LogP contribution in [0, 0.1) is 5.92 Å². The van der Waals surface area contributed by atoms with E-state index in [0.29, 0.717) is 18.2 Å². The van der Waals surface area contributed by atoms with Gasteiger partial charge in [-0.05, 0) is 37.0 Å². The summed E-state index contributed by atoms with van der Waals surface area (Å²) in [5, 5.41) is 3.33. The average Bonchev–Trinajstić information content (AvgIpc) is 2.40. The molecule has 0 bridgehead atoms. The SMILES string of the molecule is CC(C)C1CC(Nc2ccc(C(F)(F)F)cc2Cl)CCO1. The van der Waals surface area contributed by atoms with Gasteiger partial charge in [0.2, 0.25) is 0 Å². The van der Waals surface area contributed by atoms with Gasteiger partial charge < -0.3 is 10.1 Å². The predicted molar refractivity (Wildman–Crippen MR) is 77.7 cm³/mol. The van der Waals surface area contributed by atoms with Crippen LogP contribution in [-0.4, -0.2) is 18.8 Å². The van der Waals surface area contributed by atoms with Crippen LogP contribution in [0.4, 0.5) is 18.9 Å². The van der Waals surface area contributed by atoms with Gasteiger partial charge in [0.05, 0.1) is 22.4 Å². The molecule has 1 fully saturated rings. The second-order valence-corrected chi connectivity index (χ2v) is 6.12. The maximum atomic E-state index is 12.6. The Bertz CT molecular complexity index is 490. The van der Waals surface area contributed by atoms with Crippen LogP contribution in [0.1, 0.15) is 32.3 Å². The van der Waals surface area contributed by atoms with Crippen molar-refractivity contribution in [2.75, 3.05) is 11.9 Å². The normalized spacial score (nSPS) is 23.4. The van der Waals surface area contributed by atoms with Gasteiger partial charge in [0, 0.05) is 12.6 Å². The van der Waals surface area contributed by atoms with E-state index >= 15 is 0 Å².